The Hall–Kier alpha value is -2.98. The maximum atomic E-state index is 13.6. The summed E-state index contributed by atoms with van der Waals surface area (Å²) < 4.78 is 46.9. The van der Waals surface area contributed by atoms with Gasteiger partial charge in [0.2, 0.25) is 21.8 Å². The Morgan fingerprint density at radius 3 is 2.67 bits per heavy atom. The summed E-state index contributed by atoms with van der Waals surface area (Å²) in [6.07, 6.45) is 2.50. The minimum atomic E-state index is -3.72. The number of hydrogen-bond acceptors (Lipinski definition) is 5. The largest absolute Gasteiger partial charge is 0.492 e. The number of carbonyl (C=O) groups is 2. The van der Waals surface area contributed by atoms with Crippen LogP contribution in [0.4, 0.5) is 15.8 Å². The molecule has 0 aliphatic carbocycles. The molecule has 2 aliphatic heterocycles. The van der Waals surface area contributed by atoms with Crippen LogP contribution in [0.2, 0.25) is 0 Å². The van der Waals surface area contributed by atoms with Crippen molar-refractivity contribution in [2.75, 3.05) is 30.3 Å². The third-order valence-electron chi connectivity index (χ3n) is 5.83. The number of rotatable bonds is 6. The molecule has 10 heteroatoms. The zero-order valence-corrected chi connectivity index (χ0v) is 19.1. The van der Waals surface area contributed by atoms with Gasteiger partial charge in [0.1, 0.15) is 11.6 Å². The van der Waals surface area contributed by atoms with Crippen LogP contribution in [0.25, 0.3) is 0 Å². The van der Waals surface area contributed by atoms with Crippen LogP contribution in [0.15, 0.2) is 41.3 Å². The molecule has 0 spiro atoms. The van der Waals surface area contributed by atoms with Crippen molar-refractivity contribution in [1.29, 1.82) is 0 Å². The van der Waals surface area contributed by atoms with Crippen molar-refractivity contribution >= 4 is 33.2 Å². The number of nitrogens with one attached hydrogen (secondary N) is 2. The molecule has 33 heavy (non-hydrogen) atoms. The van der Waals surface area contributed by atoms with Crippen LogP contribution in [0.1, 0.15) is 44.1 Å². The minimum absolute atomic E-state index is 0.0620. The topological polar surface area (TPSA) is 105 Å². The Labute approximate surface area is 192 Å². The Morgan fingerprint density at radius 2 is 1.94 bits per heavy atom. The highest BCUT2D eigenvalue weighted by Gasteiger charge is 2.32. The van der Waals surface area contributed by atoms with E-state index in [-0.39, 0.29) is 22.7 Å². The van der Waals surface area contributed by atoms with E-state index in [4.69, 9.17) is 4.74 Å². The molecule has 1 fully saturated rings. The van der Waals surface area contributed by atoms with Crippen molar-refractivity contribution in [2.45, 2.75) is 43.4 Å². The van der Waals surface area contributed by atoms with E-state index in [2.05, 4.69) is 10.6 Å². The Morgan fingerprint density at radius 1 is 1.18 bits per heavy atom. The predicted octanol–water partition coefficient (Wildman–Crippen LogP) is 3.46. The van der Waals surface area contributed by atoms with Gasteiger partial charge in [0.25, 0.3) is 0 Å². The maximum absolute atomic E-state index is 13.6. The van der Waals surface area contributed by atoms with Crippen molar-refractivity contribution in [3.63, 3.8) is 0 Å². The number of ether oxygens (including phenoxy) is 1. The van der Waals surface area contributed by atoms with Gasteiger partial charge in [-0.3, -0.25) is 9.59 Å². The molecule has 0 saturated carbocycles. The molecule has 2 aromatic carbocycles. The Balaban J connectivity index is 1.65. The van der Waals surface area contributed by atoms with Gasteiger partial charge in [-0.05, 0) is 55.7 Å². The quantitative estimate of drug-likeness (QED) is 0.666. The summed E-state index contributed by atoms with van der Waals surface area (Å²) in [6, 6.07) is 8.25. The van der Waals surface area contributed by atoms with Crippen LogP contribution in [0.5, 0.6) is 5.75 Å². The number of nitrogens with zero attached hydrogens (tertiary/aromatic N) is 1. The van der Waals surface area contributed by atoms with Gasteiger partial charge < -0.3 is 15.4 Å². The summed E-state index contributed by atoms with van der Waals surface area (Å²) in [5.74, 6) is -1.97. The lowest BCUT2D eigenvalue weighted by atomic mass is 9.89. The van der Waals surface area contributed by atoms with Crippen molar-refractivity contribution < 1.29 is 27.1 Å². The van der Waals surface area contributed by atoms with Crippen LogP contribution in [0.3, 0.4) is 0 Å². The van der Waals surface area contributed by atoms with Gasteiger partial charge in [-0.15, -0.1) is 0 Å². The number of benzene rings is 2. The Bertz CT molecular complexity index is 1180. The van der Waals surface area contributed by atoms with E-state index < -0.39 is 33.6 Å². The fourth-order valence-corrected chi connectivity index (χ4v) is 5.74. The molecule has 2 N–H and O–H groups in total. The van der Waals surface area contributed by atoms with Crippen LogP contribution in [0, 0.1) is 5.82 Å². The first kappa shape index (κ1) is 23.2. The molecule has 0 unspecified atom stereocenters. The fraction of sp³-hybridized carbons (Fsp3) is 0.391. The van der Waals surface area contributed by atoms with Gasteiger partial charge in [-0.2, -0.15) is 4.31 Å². The van der Waals surface area contributed by atoms with Crippen molar-refractivity contribution in [1.82, 2.24) is 4.31 Å². The molecular weight excluding hydrogens is 449 g/mol. The second-order valence-corrected chi connectivity index (χ2v) is 10.0. The minimum Gasteiger partial charge on any atom is -0.492 e. The van der Waals surface area contributed by atoms with E-state index in [0.29, 0.717) is 31.0 Å². The van der Waals surface area contributed by atoms with Gasteiger partial charge in [-0.1, -0.05) is 12.5 Å². The summed E-state index contributed by atoms with van der Waals surface area (Å²) in [4.78, 5) is 25.4. The van der Waals surface area contributed by atoms with Crippen molar-refractivity contribution in [3.05, 3.63) is 47.8 Å². The van der Waals surface area contributed by atoms with Gasteiger partial charge in [-0.25, -0.2) is 12.8 Å². The molecule has 0 aromatic heterocycles. The van der Waals surface area contributed by atoms with Crippen LogP contribution < -0.4 is 15.4 Å². The molecule has 176 valence electrons. The molecular formula is C23H26FN3O5S. The maximum Gasteiger partial charge on any atom is 0.243 e. The molecule has 8 nitrogen and oxygen atoms in total. The zero-order valence-electron chi connectivity index (χ0n) is 18.3. The average molecular weight is 476 g/mol. The highest BCUT2D eigenvalue weighted by molar-refractivity contribution is 7.89. The number of fused-ring (bicyclic) bond motifs is 1. The fourth-order valence-electron chi connectivity index (χ4n) is 4.19. The molecule has 0 radical (unpaired) electrons. The average Bonchev–Trinajstić information content (AvgIpc) is 2.80. The van der Waals surface area contributed by atoms with E-state index in [1.807, 2.05) is 0 Å². The molecule has 1 atom stereocenters. The first-order valence-corrected chi connectivity index (χ1v) is 12.4. The first-order chi connectivity index (χ1) is 15.8. The normalized spacial score (nSPS) is 18.8. The zero-order chi connectivity index (χ0) is 23.6. The second kappa shape index (κ2) is 9.48. The van der Waals surface area contributed by atoms with E-state index in [0.717, 1.165) is 19.3 Å². The number of carbonyl (C=O) groups excluding carboxylic acids is 2. The van der Waals surface area contributed by atoms with Crippen LogP contribution in [-0.2, 0) is 19.6 Å². The lowest BCUT2D eigenvalue weighted by Gasteiger charge is -2.27. The van der Waals surface area contributed by atoms with Gasteiger partial charge in [0.15, 0.2) is 0 Å². The lowest BCUT2D eigenvalue weighted by molar-refractivity contribution is -0.123. The lowest BCUT2D eigenvalue weighted by Crippen LogP contribution is -2.35. The molecule has 0 bridgehead atoms. The monoisotopic (exact) mass is 475 g/mol. The molecule has 2 amide bonds. The molecule has 2 heterocycles. The third kappa shape index (κ3) is 4.86. The summed E-state index contributed by atoms with van der Waals surface area (Å²) in [5.41, 5.74) is 0.941. The SMILES string of the molecule is CCOc1ccc(S(=O)(=O)N2CCCCC2)cc1NC(=O)[C@H]1CC(=O)Nc2cc(F)ccc21. The number of anilines is 2. The van der Waals surface area contributed by atoms with Crippen LogP contribution >= 0.6 is 0 Å². The summed E-state index contributed by atoms with van der Waals surface area (Å²) in [6.45, 7) is 3.01. The van der Waals surface area contributed by atoms with Gasteiger partial charge >= 0.3 is 0 Å². The third-order valence-corrected chi connectivity index (χ3v) is 7.73. The molecule has 1 saturated heterocycles. The second-order valence-electron chi connectivity index (χ2n) is 8.08. The highest BCUT2D eigenvalue weighted by atomic mass is 32.2. The van der Waals surface area contributed by atoms with Gasteiger partial charge in [0.05, 0.1) is 23.1 Å². The molecule has 4 rings (SSSR count). The highest BCUT2D eigenvalue weighted by Crippen LogP contribution is 2.36. The van der Waals surface area contributed by atoms with Crippen LogP contribution in [-0.4, -0.2) is 44.2 Å². The van der Waals surface area contributed by atoms with Crippen molar-refractivity contribution in [3.8, 4) is 5.75 Å². The van der Waals surface area contributed by atoms with Crippen molar-refractivity contribution in [2.24, 2.45) is 0 Å². The molecule has 2 aliphatic rings. The Kier molecular flexibility index (Phi) is 6.66. The van der Waals surface area contributed by atoms with Gasteiger partial charge in [0, 0.05) is 25.2 Å². The number of halogens is 1. The van der Waals surface area contributed by atoms with E-state index in [9.17, 15) is 22.4 Å². The number of sulfonamides is 1. The number of piperidine rings is 1. The van der Waals surface area contributed by atoms with E-state index in [1.165, 1.54) is 40.7 Å². The smallest absolute Gasteiger partial charge is 0.243 e. The number of amides is 2. The molecule has 2 aromatic rings. The summed E-state index contributed by atoms with van der Waals surface area (Å²) in [5, 5.41) is 5.31. The first-order valence-electron chi connectivity index (χ1n) is 11.0. The summed E-state index contributed by atoms with van der Waals surface area (Å²) in [7, 11) is -3.72. The summed E-state index contributed by atoms with van der Waals surface area (Å²) >= 11 is 0. The predicted molar refractivity (Wildman–Crippen MR) is 121 cm³/mol. The van der Waals surface area contributed by atoms with E-state index in [1.54, 1.807) is 6.92 Å². The number of hydrogen-bond donors (Lipinski definition) is 2. The van der Waals surface area contributed by atoms with E-state index >= 15 is 0 Å². The standard InChI is InChI=1S/C23H26FN3O5S/c1-2-32-21-9-7-16(33(30,31)27-10-4-3-5-11-27)13-20(21)26-23(29)18-14-22(28)25-19-12-15(24)6-8-17(18)19/h6-9,12-13,18H,2-5,10-11,14H2,1H3,(H,25,28)(H,26,29)/t18-/m0/s1.